The molecule has 4 heterocycles. The maximum Gasteiger partial charge on any atom is 0.407 e. The minimum absolute atomic E-state index is 0.254. The Bertz CT molecular complexity index is 1040. The van der Waals surface area contributed by atoms with Crippen LogP contribution < -0.4 is 4.74 Å². The lowest BCUT2D eigenvalue weighted by Gasteiger charge is -2.22. The van der Waals surface area contributed by atoms with E-state index >= 15 is 0 Å². The number of ether oxygens (including phenoxy) is 1. The molecule has 0 aromatic carbocycles. The predicted molar refractivity (Wildman–Crippen MR) is 101 cm³/mol. The molecule has 10 nitrogen and oxygen atoms in total. The molecular formula is C18H23N7O3. The van der Waals surface area contributed by atoms with Crippen LogP contribution in [-0.2, 0) is 13.6 Å². The number of aryl methyl sites for hydroxylation is 2. The normalized spacial score (nSPS) is 19.5. The summed E-state index contributed by atoms with van der Waals surface area (Å²) >= 11 is 0. The second-order valence-corrected chi connectivity index (χ2v) is 6.97. The van der Waals surface area contributed by atoms with Crippen LogP contribution in [0.3, 0.4) is 0 Å². The standard InChI is InChI=1S/C18H23N7O3/c1-5-25-10(2)12(8-21-25)15-22-14-16(23(15)4)19-9-20-17(14)28-13-6-7-24(11(13)3)18(26)27/h8-9,11,13H,5-7H2,1-4H3,(H,26,27). The van der Waals surface area contributed by atoms with E-state index in [0.717, 1.165) is 23.6 Å². The summed E-state index contributed by atoms with van der Waals surface area (Å²) in [6.07, 6.45) is 2.65. The van der Waals surface area contributed by atoms with Crippen LogP contribution in [0.5, 0.6) is 5.88 Å². The van der Waals surface area contributed by atoms with Crippen LogP contribution in [0.1, 0.15) is 26.0 Å². The van der Waals surface area contributed by atoms with E-state index in [0.29, 0.717) is 30.0 Å². The van der Waals surface area contributed by atoms with Gasteiger partial charge in [-0.15, -0.1) is 0 Å². The molecule has 4 rings (SSSR count). The third kappa shape index (κ3) is 2.76. The molecule has 1 fully saturated rings. The predicted octanol–water partition coefficient (Wildman–Crippen LogP) is 2.07. The number of nitrogens with zero attached hydrogens (tertiary/aromatic N) is 7. The van der Waals surface area contributed by atoms with E-state index in [1.807, 2.05) is 37.1 Å². The molecule has 0 bridgehead atoms. The molecule has 2 unspecified atom stereocenters. The van der Waals surface area contributed by atoms with Gasteiger partial charge in [0.25, 0.3) is 0 Å². The maximum absolute atomic E-state index is 11.3. The average molecular weight is 385 g/mol. The molecule has 10 heteroatoms. The molecule has 3 aromatic heterocycles. The number of amides is 1. The molecule has 0 aliphatic carbocycles. The second-order valence-electron chi connectivity index (χ2n) is 6.97. The van der Waals surface area contributed by atoms with Crippen LogP contribution in [0.2, 0.25) is 0 Å². The Morgan fingerprint density at radius 1 is 1.39 bits per heavy atom. The number of imidazole rings is 1. The van der Waals surface area contributed by atoms with E-state index in [-0.39, 0.29) is 12.1 Å². The van der Waals surface area contributed by atoms with Gasteiger partial charge in [-0.1, -0.05) is 0 Å². The van der Waals surface area contributed by atoms with E-state index in [1.165, 1.54) is 11.2 Å². The minimum atomic E-state index is -0.935. The van der Waals surface area contributed by atoms with Gasteiger partial charge in [-0.2, -0.15) is 10.1 Å². The first kappa shape index (κ1) is 18.2. The Balaban J connectivity index is 1.71. The van der Waals surface area contributed by atoms with Gasteiger partial charge in [0.15, 0.2) is 11.2 Å². The molecule has 1 aliphatic heterocycles. The minimum Gasteiger partial charge on any atom is -0.470 e. The molecule has 148 valence electrons. The monoisotopic (exact) mass is 385 g/mol. The van der Waals surface area contributed by atoms with Gasteiger partial charge in [-0.3, -0.25) is 4.68 Å². The Labute approximate surface area is 161 Å². The Kier molecular flexibility index (Phi) is 4.40. The van der Waals surface area contributed by atoms with Crippen molar-refractivity contribution in [2.75, 3.05) is 6.54 Å². The third-order valence-corrected chi connectivity index (χ3v) is 5.46. The van der Waals surface area contributed by atoms with E-state index in [4.69, 9.17) is 9.72 Å². The lowest BCUT2D eigenvalue weighted by molar-refractivity contribution is 0.116. The molecule has 0 radical (unpaired) electrons. The van der Waals surface area contributed by atoms with Crippen molar-refractivity contribution in [1.82, 2.24) is 34.2 Å². The summed E-state index contributed by atoms with van der Waals surface area (Å²) in [4.78, 5) is 26.1. The first-order chi connectivity index (χ1) is 13.4. The van der Waals surface area contributed by atoms with Gasteiger partial charge in [0.1, 0.15) is 18.3 Å². The number of carboxylic acid groups (broad SMARTS) is 1. The number of hydrogen-bond donors (Lipinski definition) is 1. The summed E-state index contributed by atoms with van der Waals surface area (Å²) in [5, 5.41) is 13.7. The summed E-state index contributed by atoms with van der Waals surface area (Å²) < 4.78 is 9.90. The Hall–Kier alpha value is -3.17. The van der Waals surface area contributed by atoms with Crippen LogP contribution in [0.25, 0.3) is 22.6 Å². The first-order valence-corrected chi connectivity index (χ1v) is 9.28. The van der Waals surface area contributed by atoms with Crippen molar-refractivity contribution >= 4 is 17.3 Å². The highest BCUT2D eigenvalue weighted by Gasteiger charge is 2.36. The summed E-state index contributed by atoms with van der Waals surface area (Å²) in [7, 11) is 1.90. The van der Waals surface area contributed by atoms with E-state index in [9.17, 15) is 9.90 Å². The molecule has 1 saturated heterocycles. The van der Waals surface area contributed by atoms with Crippen LogP contribution in [0, 0.1) is 6.92 Å². The SMILES string of the molecule is CCn1ncc(-c2nc3c(OC4CCN(C(=O)O)C4C)ncnc3n2C)c1C. The number of aromatic nitrogens is 6. The van der Waals surface area contributed by atoms with Gasteiger partial charge in [-0.25, -0.2) is 14.8 Å². The fraction of sp³-hybridized carbons (Fsp3) is 0.500. The third-order valence-electron chi connectivity index (χ3n) is 5.46. The van der Waals surface area contributed by atoms with Crippen LogP contribution in [-0.4, -0.2) is 64.1 Å². The topological polar surface area (TPSA) is 111 Å². The molecule has 1 amide bonds. The van der Waals surface area contributed by atoms with Gasteiger partial charge in [-0.05, 0) is 20.8 Å². The number of likely N-dealkylation sites (tertiary alicyclic amines) is 1. The Morgan fingerprint density at radius 3 is 2.82 bits per heavy atom. The van der Waals surface area contributed by atoms with Crippen LogP contribution >= 0.6 is 0 Å². The zero-order chi connectivity index (χ0) is 20.0. The van der Waals surface area contributed by atoms with E-state index < -0.39 is 6.09 Å². The maximum atomic E-state index is 11.3. The number of fused-ring (bicyclic) bond motifs is 1. The smallest absolute Gasteiger partial charge is 0.407 e. The fourth-order valence-electron chi connectivity index (χ4n) is 3.77. The van der Waals surface area contributed by atoms with Crippen molar-refractivity contribution in [3.05, 3.63) is 18.2 Å². The van der Waals surface area contributed by atoms with Crippen molar-refractivity contribution in [2.45, 2.75) is 45.9 Å². The van der Waals surface area contributed by atoms with Gasteiger partial charge < -0.3 is 19.3 Å². The van der Waals surface area contributed by atoms with Crippen molar-refractivity contribution in [3.8, 4) is 17.3 Å². The summed E-state index contributed by atoms with van der Waals surface area (Å²) in [5.74, 6) is 1.11. The van der Waals surface area contributed by atoms with Crippen molar-refractivity contribution in [2.24, 2.45) is 7.05 Å². The molecule has 0 spiro atoms. The van der Waals surface area contributed by atoms with Crippen LogP contribution in [0.4, 0.5) is 4.79 Å². The summed E-state index contributed by atoms with van der Waals surface area (Å²) in [5.41, 5.74) is 3.17. The molecule has 1 N–H and O–H groups in total. The first-order valence-electron chi connectivity index (χ1n) is 9.28. The van der Waals surface area contributed by atoms with Gasteiger partial charge in [0.05, 0.1) is 17.8 Å². The number of rotatable bonds is 4. The number of hydrogen-bond acceptors (Lipinski definition) is 6. The molecule has 3 aromatic rings. The second kappa shape index (κ2) is 6.77. The largest absolute Gasteiger partial charge is 0.470 e. The molecule has 1 aliphatic rings. The van der Waals surface area contributed by atoms with Crippen molar-refractivity contribution in [3.63, 3.8) is 0 Å². The molecule has 28 heavy (non-hydrogen) atoms. The highest BCUT2D eigenvalue weighted by molar-refractivity contribution is 5.81. The lowest BCUT2D eigenvalue weighted by atomic mass is 10.2. The van der Waals surface area contributed by atoms with Gasteiger partial charge in [0, 0.05) is 32.3 Å². The summed E-state index contributed by atoms with van der Waals surface area (Å²) in [6, 6.07) is -0.254. The molecule has 2 atom stereocenters. The zero-order valence-electron chi connectivity index (χ0n) is 16.3. The average Bonchev–Trinajstić information content (AvgIpc) is 3.32. The molecule has 0 saturated carbocycles. The Morgan fingerprint density at radius 2 is 2.18 bits per heavy atom. The highest BCUT2D eigenvalue weighted by atomic mass is 16.5. The van der Waals surface area contributed by atoms with Gasteiger partial charge in [0.2, 0.25) is 5.88 Å². The zero-order valence-corrected chi connectivity index (χ0v) is 16.3. The van der Waals surface area contributed by atoms with E-state index in [1.54, 1.807) is 6.20 Å². The lowest BCUT2D eigenvalue weighted by Crippen LogP contribution is -2.38. The summed E-state index contributed by atoms with van der Waals surface area (Å²) in [6.45, 7) is 7.12. The van der Waals surface area contributed by atoms with E-state index in [2.05, 4.69) is 15.1 Å². The fourth-order valence-corrected chi connectivity index (χ4v) is 3.77. The van der Waals surface area contributed by atoms with Crippen LogP contribution in [0.15, 0.2) is 12.5 Å². The van der Waals surface area contributed by atoms with Crippen molar-refractivity contribution in [1.29, 1.82) is 0 Å². The number of carbonyl (C=O) groups is 1. The quantitative estimate of drug-likeness (QED) is 0.732. The van der Waals surface area contributed by atoms with Gasteiger partial charge >= 0.3 is 6.09 Å². The molecular weight excluding hydrogens is 362 g/mol. The van der Waals surface area contributed by atoms with Crippen molar-refractivity contribution < 1.29 is 14.6 Å². The highest BCUT2D eigenvalue weighted by Crippen LogP contribution is 2.30.